The van der Waals surface area contributed by atoms with Gasteiger partial charge in [0.05, 0.1) is 15.9 Å². The van der Waals surface area contributed by atoms with Crippen LogP contribution in [0.15, 0.2) is 22.7 Å². The highest BCUT2D eigenvalue weighted by Gasteiger charge is 2.10. The number of hydrogen-bond acceptors (Lipinski definition) is 5. The molecule has 3 aromatic rings. The Balaban J connectivity index is 1.82. The van der Waals surface area contributed by atoms with Crippen molar-refractivity contribution >= 4 is 26.7 Å². The van der Waals surface area contributed by atoms with E-state index in [1.165, 1.54) is 10.3 Å². The summed E-state index contributed by atoms with van der Waals surface area (Å²) >= 11 is 1.67. The number of hydrogen-bond donors (Lipinski definition) is 1. The summed E-state index contributed by atoms with van der Waals surface area (Å²) < 4.78 is 6.35. The summed E-state index contributed by atoms with van der Waals surface area (Å²) in [4.78, 5) is 4.59. The van der Waals surface area contributed by atoms with Gasteiger partial charge in [0.2, 0.25) is 0 Å². The van der Waals surface area contributed by atoms with Crippen molar-refractivity contribution in [3.63, 3.8) is 0 Å². The predicted octanol–water partition coefficient (Wildman–Crippen LogP) is 3.82. The van der Waals surface area contributed by atoms with E-state index in [4.69, 9.17) is 4.52 Å². The van der Waals surface area contributed by atoms with Crippen molar-refractivity contribution in [3.8, 4) is 0 Å². The molecule has 0 aliphatic heterocycles. The molecule has 0 bridgehead atoms. The van der Waals surface area contributed by atoms with Crippen LogP contribution in [0.5, 0.6) is 0 Å². The fourth-order valence-corrected chi connectivity index (χ4v) is 2.87. The van der Waals surface area contributed by atoms with E-state index in [1.54, 1.807) is 11.3 Å². The van der Waals surface area contributed by atoms with Crippen LogP contribution in [-0.4, -0.2) is 10.1 Å². The molecule has 0 atom stereocenters. The zero-order valence-electron chi connectivity index (χ0n) is 11.2. The van der Waals surface area contributed by atoms with Crippen molar-refractivity contribution < 1.29 is 4.52 Å². The minimum atomic E-state index is 0.694. The number of nitrogens with zero attached hydrogens (tertiary/aromatic N) is 2. The summed E-state index contributed by atoms with van der Waals surface area (Å²) in [5.74, 6) is 0.863. The average Bonchev–Trinajstić information content (AvgIpc) is 2.91. The van der Waals surface area contributed by atoms with E-state index < -0.39 is 0 Å². The van der Waals surface area contributed by atoms with Crippen LogP contribution in [0.1, 0.15) is 22.6 Å². The van der Waals surface area contributed by atoms with Gasteiger partial charge in [0.15, 0.2) is 5.13 Å². The molecular weight excluding hydrogens is 258 g/mol. The van der Waals surface area contributed by atoms with Crippen LogP contribution < -0.4 is 5.32 Å². The lowest BCUT2D eigenvalue weighted by Gasteiger charge is -2.00. The minimum absolute atomic E-state index is 0.694. The number of thiazole rings is 1. The molecule has 0 aliphatic rings. The molecule has 4 nitrogen and oxygen atoms in total. The fraction of sp³-hybridized carbons (Fsp3) is 0.286. The Bertz CT molecular complexity index is 710. The van der Waals surface area contributed by atoms with Crippen molar-refractivity contribution in [2.24, 2.45) is 0 Å². The van der Waals surface area contributed by atoms with Gasteiger partial charge in [-0.15, -0.1) is 0 Å². The molecule has 0 saturated carbocycles. The Morgan fingerprint density at radius 1 is 1.26 bits per heavy atom. The summed E-state index contributed by atoms with van der Waals surface area (Å²) in [7, 11) is 0. The third-order valence-electron chi connectivity index (χ3n) is 3.14. The van der Waals surface area contributed by atoms with Gasteiger partial charge in [0.1, 0.15) is 5.76 Å². The first-order valence-corrected chi connectivity index (χ1v) is 6.98. The van der Waals surface area contributed by atoms with E-state index in [9.17, 15) is 0 Å². The topological polar surface area (TPSA) is 51.0 Å². The third kappa shape index (κ3) is 2.33. The highest BCUT2D eigenvalue weighted by atomic mass is 32.1. The molecule has 0 spiro atoms. The fourth-order valence-electron chi connectivity index (χ4n) is 2.03. The Kier molecular flexibility index (Phi) is 2.98. The van der Waals surface area contributed by atoms with Gasteiger partial charge >= 0.3 is 0 Å². The maximum Gasteiger partial charge on any atom is 0.184 e. The molecule has 1 N–H and O–H groups in total. The molecule has 5 heteroatoms. The molecule has 1 aromatic carbocycles. The van der Waals surface area contributed by atoms with Crippen LogP contribution in [0.3, 0.4) is 0 Å². The predicted molar refractivity (Wildman–Crippen MR) is 77.7 cm³/mol. The van der Waals surface area contributed by atoms with Gasteiger partial charge in [0.25, 0.3) is 0 Å². The van der Waals surface area contributed by atoms with E-state index in [0.717, 1.165) is 27.7 Å². The number of benzene rings is 1. The zero-order valence-corrected chi connectivity index (χ0v) is 12.0. The van der Waals surface area contributed by atoms with Crippen LogP contribution in [0.4, 0.5) is 5.13 Å². The van der Waals surface area contributed by atoms with E-state index in [2.05, 4.69) is 40.6 Å². The summed E-state index contributed by atoms with van der Waals surface area (Å²) in [6.45, 7) is 6.66. The number of nitrogens with one attached hydrogen (secondary N) is 1. The quantitative estimate of drug-likeness (QED) is 0.788. The van der Waals surface area contributed by atoms with E-state index in [1.807, 2.05) is 13.8 Å². The highest BCUT2D eigenvalue weighted by molar-refractivity contribution is 7.22. The summed E-state index contributed by atoms with van der Waals surface area (Å²) in [6.07, 6.45) is 0. The van der Waals surface area contributed by atoms with E-state index in [-0.39, 0.29) is 0 Å². The molecule has 0 saturated heterocycles. The van der Waals surface area contributed by atoms with Gasteiger partial charge in [-0.2, -0.15) is 0 Å². The number of anilines is 1. The summed E-state index contributed by atoms with van der Waals surface area (Å²) in [5, 5.41) is 8.23. The number of rotatable bonds is 3. The molecule has 0 fully saturated rings. The molecular formula is C14H15N3OS. The van der Waals surface area contributed by atoms with Crippen molar-refractivity contribution in [2.75, 3.05) is 5.32 Å². The minimum Gasteiger partial charge on any atom is -0.361 e. The van der Waals surface area contributed by atoms with Gasteiger partial charge < -0.3 is 9.84 Å². The number of aryl methyl sites for hydroxylation is 3. The van der Waals surface area contributed by atoms with E-state index >= 15 is 0 Å². The number of aromatic nitrogens is 2. The van der Waals surface area contributed by atoms with Crippen molar-refractivity contribution in [1.82, 2.24) is 10.1 Å². The molecule has 0 aliphatic carbocycles. The first-order valence-electron chi connectivity index (χ1n) is 6.16. The largest absolute Gasteiger partial charge is 0.361 e. The second-order valence-corrected chi connectivity index (χ2v) is 5.68. The van der Waals surface area contributed by atoms with E-state index in [0.29, 0.717) is 6.54 Å². The molecule has 2 aromatic heterocycles. The maximum absolute atomic E-state index is 5.15. The van der Waals surface area contributed by atoms with Gasteiger partial charge in [-0.1, -0.05) is 22.6 Å². The lowest BCUT2D eigenvalue weighted by molar-refractivity contribution is 0.392. The molecule has 98 valence electrons. The van der Waals surface area contributed by atoms with Crippen LogP contribution in [0.25, 0.3) is 10.2 Å². The average molecular weight is 273 g/mol. The van der Waals surface area contributed by atoms with Crippen LogP contribution >= 0.6 is 11.3 Å². The Morgan fingerprint density at radius 2 is 2.11 bits per heavy atom. The normalized spacial score (nSPS) is 11.1. The molecule has 19 heavy (non-hydrogen) atoms. The lowest BCUT2D eigenvalue weighted by Crippen LogP contribution is -2.00. The van der Waals surface area contributed by atoms with Crippen LogP contribution in [-0.2, 0) is 6.54 Å². The van der Waals surface area contributed by atoms with Crippen molar-refractivity contribution in [2.45, 2.75) is 27.3 Å². The summed E-state index contributed by atoms with van der Waals surface area (Å²) in [6, 6.07) is 6.33. The second kappa shape index (κ2) is 4.66. The SMILES string of the molecule is Cc1ccc2sc(NCc3c(C)noc3C)nc2c1. The first kappa shape index (κ1) is 12.2. The second-order valence-electron chi connectivity index (χ2n) is 4.65. The summed E-state index contributed by atoms with van der Waals surface area (Å²) in [5.41, 5.74) is 4.32. The monoisotopic (exact) mass is 273 g/mol. The van der Waals surface area contributed by atoms with Crippen LogP contribution in [0.2, 0.25) is 0 Å². The number of fused-ring (bicyclic) bond motifs is 1. The lowest BCUT2D eigenvalue weighted by atomic mass is 10.2. The smallest absolute Gasteiger partial charge is 0.184 e. The Hall–Kier alpha value is -1.88. The molecule has 2 heterocycles. The third-order valence-corrected chi connectivity index (χ3v) is 4.13. The van der Waals surface area contributed by atoms with Gasteiger partial charge in [-0.25, -0.2) is 4.98 Å². The molecule has 0 amide bonds. The zero-order chi connectivity index (χ0) is 13.4. The molecule has 0 radical (unpaired) electrons. The Labute approximate surface area is 115 Å². The van der Waals surface area contributed by atoms with Gasteiger partial charge in [0, 0.05) is 12.1 Å². The van der Waals surface area contributed by atoms with Crippen molar-refractivity contribution in [1.29, 1.82) is 0 Å². The molecule has 3 rings (SSSR count). The van der Waals surface area contributed by atoms with Gasteiger partial charge in [-0.3, -0.25) is 0 Å². The Morgan fingerprint density at radius 3 is 2.84 bits per heavy atom. The van der Waals surface area contributed by atoms with Crippen LogP contribution in [0, 0.1) is 20.8 Å². The standard InChI is InChI=1S/C14H15N3OS/c1-8-4-5-13-12(6-8)16-14(19-13)15-7-11-9(2)17-18-10(11)3/h4-6H,7H2,1-3H3,(H,15,16). The first-order chi connectivity index (χ1) is 9.13. The van der Waals surface area contributed by atoms with Gasteiger partial charge in [-0.05, 0) is 38.5 Å². The highest BCUT2D eigenvalue weighted by Crippen LogP contribution is 2.27. The molecule has 0 unspecified atom stereocenters. The maximum atomic E-state index is 5.15. The van der Waals surface area contributed by atoms with Crippen molar-refractivity contribution in [3.05, 3.63) is 40.8 Å².